The number of amides is 1. The molecule has 0 aliphatic heterocycles. The summed E-state index contributed by atoms with van der Waals surface area (Å²) >= 11 is 0. The van der Waals surface area contributed by atoms with Crippen LogP contribution in [0.15, 0.2) is 48.5 Å². The molecule has 4 nitrogen and oxygen atoms in total. The first kappa shape index (κ1) is 14.1. The van der Waals surface area contributed by atoms with E-state index < -0.39 is 0 Å². The summed E-state index contributed by atoms with van der Waals surface area (Å²) in [6.07, 6.45) is 0.298. The molecular formula is C16H18N2O2. The summed E-state index contributed by atoms with van der Waals surface area (Å²) in [5.74, 6) is -0.0702. The second kappa shape index (κ2) is 6.73. The van der Waals surface area contributed by atoms with Crippen molar-refractivity contribution in [2.45, 2.75) is 13.0 Å². The molecule has 0 radical (unpaired) electrons. The molecule has 0 saturated carbocycles. The largest absolute Gasteiger partial charge is 0.399 e. The minimum Gasteiger partial charge on any atom is -0.399 e. The zero-order chi connectivity index (χ0) is 14.4. The van der Waals surface area contributed by atoms with Gasteiger partial charge in [0.15, 0.2) is 0 Å². The first-order chi connectivity index (χ1) is 9.69. The number of benzene rings is 2. The van der Waals surface area contributed by atoms with E-state index in [1.54, 1.807) is 19.2 Å². The van der Waals surface area contributed by atoms with Crippen molar-refractivity contribution < 1.29 is 9.53 Å². The number of carbonyl (C=O) groups is 1. The molecule has 104 valence electrons. The van der Waals surface area contributed by atoms with E-state index in [1.165, 1.54) is 0 Å². The maximum absolute atomic E-state index is 12.1. The number of carbonyl (C=O) groups excluding carboxylic acids is 1. The molecule has 1 amide bonds. The Kier molecular flexibility index (Phi) is 4.74. The molecule has 4 heteroatoms. The molecule has 0 atom stereocenters. The van der Waals surface area contributed by atoms with E-state index in [1.807, 2.05) is 36.4 Å². The van der Waals surface area contributed by atoms with Crippen LogP contribution in [0.3, 0.4) is 0 Å². The molecule has 0 unspecified atom stereocenters. The summed E-state index contributed by atoms with van der Waals surface area (Å²) < 4.78 is 5.12. The predicted molar refractivity (Wildman–Crippen MR) is 80.3 cm³/mol. The van der Waals surface area contributed by atoms with E-state index in [-0.39, 0.29) is 5.91 Å². The number of para-hydroxylation sites is 1. The number of anilines is 2. The summed E-state index contributed by atoms with van der Waals surface area (Å²) in [6.45, 7) is 0.467. The van der Waals surface area contributed by atoms with E-state index in [4.69, 9.17) is 10.5 Å². The molecular weight excluding hydrogens is 252 g/mol. The molecule has 2 rings (SSSR count). The van der Waals surface area contributed by atoms with Gasteiger partial charge in [0.05, 0.1) is 13.0 Å². The third-order valence-corrected chi connectivity index (χ3v) is 2.91. The molecule has 0 bridgehead atoms. The van der Waals surface area contributed by atoms with Gasteiger partial charge in [-0.3, -0.25) is 4.79 Å². The van der Waals surface area contributed by atoms with E-state index in [0.29, 0.717) is 18.7 Å². The Bertz CT molecular complexity index is 597. The Balaban J connectivity index is 2.05. The lowest BCUT2D eigenvalue weighted by Crippen LogP contribution is -2.15. The lowest BCUT2D eigenvalue weighted by atomic mass is 10.1. The Morgan fingerprint density at radius 2 is 2.00 bits per heavy atom. The standard InChI is InChI=1S/C16H18N2O2/c1-20-11-13-6-2-3-8-15(13)18-16(19)10-12-5-4-7-14(17)9-12/h2-9H,10-11,17H2,1H3,(H,18,19). The number of nitrogens with one attached hydrogen (secondary N) is 1. The smallest absolute Gasteiger partial charge is 0.228 e. The van der Waals surface area contributed by atoms with Crippen LogP contribution in [0.4, 0.5) is 11.4 Å². The number of methoxy groups -OCH3 is 1. The van der Waals surface area contributed by atoms with Crippen molar-refractivity contribution in [1.82, 2.24) is 0 Å². The lowest BCUT2D eigenvalue weighted by molar-refractivity contribution is -0.115. The average Bonchev–Trinajstić information content (AvgIpc) is 2.41. The second-order valence-electron chi connectivity index (χ2n) is 4.56. The number of rotatable bonds is 5. The van der Waals surface area contributed by atoms with Gasteiger partial charge < -0.3 is 15.8 Å². The van der Waals surface area contributed by atoms with Crippen LogP contribution < -0.4 is 11.1 Å². The lowest BCUT2D eigenvalue weighted by Gasteiger charge is -2.10. The number of hydrogen-bond donors (Lipinski definition) is 2. The summed E-state index contributed by atoms with van der Waals surface area (Å²) in [4.78, 5) is 12.1. The van der Waals surface area contributed by atoms with Crippen LogP contribution in [-0.4, -0.2) is 13.0 Å². The maximum Gasteiger partial charge on any atom is 0.228 e. The third-order valence-electron chi connectivity index (χ3n) is 2.91. The Labute approximate surface area is 118 Å². The van der Waals surface area contributed by atoms with Gasteiger partial charge in [-0.05, 0) is 23.8 Å². The number of nitrogen functional groups attached to an aromatic ring is 1. The van der Waals surface area contributed by atoms with Crippen molar-refractivity contribution in [3.8, 4) is 0 Å². The van der Waals surface area contributed by atoms with Crippen LogP contribution >= 0.6 is 0 Å². The number of hydrogen-bond acceptors (Lipinski definition) is 3. The molecule has 0 aromatic heterocycles. The van der Waals surface area contributed by atoms with Crippen LogP contribution in [-0.2, 0) is 22.6 Å². The van der Waals surface area contributed by atoms with Gasteiger partial charge in [0.25, 0.3) is 0 Å². The molecule has 2 aromatic carbocycles. The highest BCUT2D eigenvalue weighted by molar-refractivity contribution is 5.93. The highest BCUT2D eigenvalue weighted by Crippen LogP contribution is 2.16. The molecule has 0 spiro atoms. The quantitative estimate of drug-likeness (QED) is 0.821. The highest BCUT2D eigenvalue weighted by Gasteiger charge is 2.07. The molecule has 0 aliphatic carbocycles. The summed E-state index contributed by atoms with van der Waals surface area (Å²) in [6, 6.07) is 14.9. The van der Waals surface area contributed by atoms with Crippen molar-refractivity contribution in [3.05, 3.63) is 59.7 Å². The summed E-state index contributed by atoms with van der Waals surface area (Å²) in [5, 5.41) is 2.90. The van der Waals surface area contributed by atoms with Crippen molar-refractivity contribution in [2.24, 2.45) is 0 Å². The monoisotopic (exact) mass is 270 g/mol. The Morgan fingerprint density at radius 3 is 2.75 bits per heavy atom. The van der Waals surface area contributed by atoms with Crippen LogP contribution in [0.2, 0.25) is 0 Å². The van der Waals surface area contributed by atoms with Gasteiger partial charge in [0.1, 0.15) is 0 Å². The van der Waals surface area contributed by atoms with Gasteiger partial charge in [-0.2, -0.15) is 0 Å². The molecule has 3 N–H and O–H groups in total. The number of nitrogens with two attached hydrogens (primary N) is 1. The molecule has 0 fully saturated rings. The molecule has 20 heavy (non-hydrogen) atoms. The van der Waals surface area contributed by atoms with Crippen molar-refractivity contribution in [2.75, 3.05) is 18.2 Å². The first-order valence-corrected chi connectivity index (χ1v) is 6.40. The van der Waals surface area contributed by atoms with Crippen LogP contribution in [0.1, 0.15) is 11.1 Å². The van der Waals surface area contributed by atoms with Gasteiger partial charge in [-0.25, -0.2) is 0 Å². The minimum absolute atomic E-state index is 0.0702. The van der Waals surface area contributed by atoms with E-state index in [9.17, 15) is 4.79 Å². The van der Waals surface area contributed by atoms with Gasteiger partial charge in [0.2, 0.25) is 5.91 Å². The fraction of sp³-hybridized carbons (Fsp3) is 0.188. The normalized spacial score (nSPS) is 10.2. The molecule has 0 saturated heterocycles. The third kappa shape index (κ3) is 3.83. The van der Waals surface area contributed by atoms with Crippen LogP contribution in [0, 0.1) is 0 Å². The van der Waals surface area contributed by atoms with Gasteiger partial charge in [0, 0.05) is 24.0 Å². The SMILES string of the molecule is COCc1ccccc1NC(=O)Cc1cccc(N)c1. The average molecular weight is 270 g/mol. The topological polar surface area (TPSA) is 64.3 Å². The Morgan fingerprint density at radius 1 is 1.20 bits per heavy atom. The van der Waals surface area contributed by atoms with Gasteiger partial charge in [-0.1, -0.05) is 30.3 Å². The summed E-state index contributed by atoms with van der Waals surface area (Å²) in [7, 11) is 1.63. The van der Waals surface area contributed by atoms with Crippen LogP contribution in [0.5, 0.6) is 0 Å². The van der Waals surface area contributed by atoms with Gasteiger partial charge in [-0.15, -0.1) is 0 Å². The van der Waals surface area contributed by atoms with E-state index >= 15 is 0 Å². The van der Waals surface area contributed by atoms with Crippen LogP contribution in [0.25, 0.3) is 0 Å². The van der Waals surface area contributed by atoms with Gasteiger partial charge >= 0.3 is 0 Å². The van der Waals surface area contributed by atoms with E-state index in [0.717, 1.165) is 16.8 Å². The predicted octanol–water partition coefficient (Wildman–Crippen LogP) is 2.60. The zero-order valence-electron chi connectivity index (χ0n) is 11.4. The van der Waals surface area contributed by atoms with E-state index in [2.05, 4.69) is 5.32 Å². The van der Waals surface area contributed by atoms with Crippen molar-refractivity contribution in [3.63, 3.8) is 0 Å². The molecule has 0 heterocycles. The van der Waals surface area contributed by atoms with Crippen molar-refractivity contribution >= 4 is 17.3 Å². The first-order valence-electron chi connectivity index (χ1n) is 6.40. The zero-order valence-corrected chi connectivity index (χ0v) is 11.4. The molecule has 0 aliphatic rings. The Hall–Kier alpha value is -2.33. The second-order valence-corrected chi connectivity index (χ2v) is 4.56. The van der Waals surface area contributed by atoms with Crippen molar-refractivity contribution in [1.29, 1.82) is 0 Å². The molecule has 2 aromatic rings. The number of ether oxygens (including phenoxy) is 1. The maximum atomic E-state index is 12.1. The fourth-order valence-corrected chi connectivity index (χ4v) is 2.01. The summed E-state index contributed by atoms with van der Waals surface area (Å²) in [5.41, 5.74) is 8.99. The minimum atomic E-state index is -0.0702. The highest BCUT2D eigenvalue weighted by atomic mass is 16.5. The fourth-order valence-electron chi connectivity index (χ4n) is 2.01.